The zero-order valence-corrected chi connectivity index (χ0v) is 31.2. The van der Waals surface area contributed by atoms with E-state index < -0.39 is 0 Å². The second kappa shape index (κ2) is 12.6. The minimum atomic E-state index is 0.595. The molecule has 0 bridgehead atoms. The van der Waals surface area contributed by atoms with Crippen LogP contribution in [0.15, 0.2) is 186 Å². The van der Waals surface area contributed by atoms with Gasteiger partial charge in [-0.1, -0.05) is 140 Å². The highest BCUT2D eigenvalue weighted by molar-refractivity contribution is 7.26. The predicted octanol–water partition coefficient (Wildman–Crippen LogP) is 13.9. The third kappa shape index (κ3) is 5.04. The molecule has 0 atom stereocenters. The normalized spacial score (nSPS) is 11.9. The van der Waals surface area contributed by atoms with Crippen LogP contribution in [0.4, 0.5) is 0 Å². The van der Waals surface area contributed by atoms with Crippen LogP contribution in [0, 0.1) is 0 Å². The second-order valence-electron chi connectivity index (χ2n) is 14.4. The van der Waals surface area contributed by atoms with Gasteiger partial charge >= 0.3 is 0 Å². The molecular formula is C51H30N4OS. The van der Waals surface area contributed by atoms with Crippen molar-refractivity contribution in [1.29, 1.82) is 0 Å². The number of hydrogen-bond acceptors (Lipinski definition) is 5. The monoisotopic (exact) mass is 746 g/mol. The first-order chi connectivity index (χ1) is 28.2. The molecule has 4 heterocycles. The van der Waals surface area contributed by atoms with E-state index in [0.29, 0.717) is 17.5 Å². The number of benzene rings is 8. The molecule has 0 saturated heterocycles. The number of fused-ring (bicyclic) bond motifs is 10. The van der Waals surface area contributed by atoms with Gasteiger partial charge in [0.1, 0.15) is 11.2 Å². The first-order valence-electron chi connectivity index (χ1n) is 19.0. The maximum absolute atomic E-state index is 6.69. The summed E-state index contributed by atoms with van der Waals surface area (Å²) in [5.41, 5.74) is 10.0. The molecule has 57 heavy (non-hydrogen) atoms. The van der Waals surface area contributed by atoms with E-state index in [9.17, 15) is 0 Å². The summed E-state index contributed by atoms with van der Waals surface area (Å²) in [7, 11) is 0. The van der Waals surface area contributed by atoms with Crippen LogP contribution >= 0.6 is 11.3 Å². The minimum absolute atomic E-state index is 0.595. The number of thiophene rings is 1. The quantitative estimate of drug-likeness (QED) is 0.176. The van der Waals surface area contributed by atoms with Gasteiger partial charge in [0.2, 0.25) is 0 Å². The van der Waals surface area contributed by atoms with Crippen molar-refractivity contribution in [2.75, 3.05) is 0 Å². The van der Waals surface area contributed by atoms with E-state index >= 15 is 0 Å². The van der Waals surface area contributed by atoms with Crippen LogP contribution in [0.25, 0.3) is 115 Å². The second-order valence-corrected chi connectivity index (χ2v) is 15.4. The SMILES string of the molecule is c1ccc(-c2ccc(-c3nc(-c4ccccc4)nc(-c4cccc5oc6cc(-n7c8ccccc8c8c9sc%10ccccc%10c9ccc87)ccc6c45)n3)cc2)cc1. The number of aromatic nitrogens is 4. The molecular weight excluding hydrogens is 717 g/mol. The Labute approximate surface area is 330 Å². The van der Waals surface area contributed by atoms with Crippen molar-refractivity contribution in [1.82, 2.24) is 19.5 Å². The summed E-state index contributed by atoms with van der Waals surface area (Å²) in [4.78, 5) is 15.2. The van der Waals surface area contributed by atoms with Crippen molar-refractivity contribution in [2.45, 2.75) is 0 Å². The van der Waals surface area contributed by atoms with Crippen LogP contribution in [0.3, 0.4) is 0 Å². The van der Waals surface area contributed by atoms with Crippen molar-refractivity contribution in [3.05, 3.63) is 182 Å². The Morgan fingerprint density at radius 1 is 0.404 bits per heavy atom. The Hall–Kier alpha value is -7.41. The molecule has 0 aliphatic carbocycles. The van der Waals surface area contributed by atoms with Crippen LogP contribution in [0.5, 0.6) is 0 Å². The molecule has 0 saturated carbocycles. The third-order valence-electron chi connectivity index (χ3n) is 11.1. The lowest BCUT2D eigenvalue weighted by Gasteiger charge is -2.10. The van der Waals surface area contributed by atoms with Crippen LogP contribution in [0.2, 0.25) is 0 Å². The first-order valence-corrected chi connectivity index (χ1v) is 19.8. The Bertz CT molecular complexity index is 3510. The van der Waals surface area contributed by atoms with E-state index in [4.69, 9.17) is 19.4 Å². The average molecular weight is 747 g/mol. The third-order valence-corrected chi connectivity index (χ3v) is 12.3. The van der Waals surface area contributed by atoms with Crippen LogP contribution < -0.4 is 0 Å². The molecule has 0 spiro atoms. The van der Waals surface area contributed by atoms with E-state index in [1.165, 1.54) is 42.0 Å². The van der Waals surface area contributed by atoms with Gasteiger partial charge in [-0.15, -0.1) is 11.3 Å². The number of rotatable bonds is 5. The molecule has 0 aliphatic rings. The largest absolute Gasteiger partial charge is 0.456 e. The van der Waals surface area contributed by atoms with Crippen molar-refractivity contribution in [2.24, 2.45) is 0 Å². The van der Waals surface area contributed by atoms with Gasteiger partial charge in [-0.25, -0.2) is 15.0 Å². The summed E-state index contributed by atoms with van der Waals surface area (Å²) in [5, 5.41) is 7.11. The standard InChI is InChI=1S/C51H30N4OS/c1-3-12-31(13-4-1)32-22-24-34(25-23-32)50-52-49(33-14-5-2-6-15-33)53-51(54-50)40-18-11-20-43-46(40)39-27-26-35(30-44(39)56-43)55-41-19-9-7-17-38(41)47-42(55)29-28-37-36-16-8-10-21-45(36)57-48(37)47/h1-30H. The van der Waals surface area contributed by atoms with E-state index in [1.807, 2.05) is 59.9 Å². The van der Waals surface area contributed by atoms with Gasteiger partial charge in [-0.2, -0.15) is 0 Å². The highest BCUT2D eigenvalue weighted by atomic mass is 32.1. The Morgan fingerprint density at radius 2 is 1.04 bits per heavy atom. The molecule has 0 amide bonds. The molecule has 0 radical (unpaired) electrons. The van der Waals surface area contributed by atoms with E-state index in [1.54, 1.807) is 0 Å². The van der Waals surface area contributed by atoms with E-state index in [-0.39, 0.29) is 0 Å². The molecule has 0 fully saturated rings. The molecule has 4 aromatic heterocycles. The van der Waals surface area contributed by atoms with Crippen LogP contribution in [-0.2, 0) is 0 Å². The number of nitrogens with zero attached hydrogens (tertiary/aromatic N) is 4. The van der Waals surface area contributed by atoms with Crippen molar-refractivity contribution in [3.8, 4) is 51.0 Å². The van der Waals surface area contributed by atoms with Gasteiger partial charge < -0.3 is 8.98 Å². The molecule has 6 heteroatoms. The first kappa shape index (κ1) is 31.9. The highest BCUT2D eigenvalue weighted by Gasteiger charge is 2.21. The highest BCUT2D eigenvalue weighted by Crippen LogP contribution is 2.44. The fourth-order valence-electron chi connectivity index (χ4n) is 8.44. The smallest absolute Gasteiger partial charge is 0.164 e. The Kier molecular flexibility index (Phi) is 7.03. The van der Waals surface area contributed by atoms with Gasteiger partial charge in [0.05, 0.1) is 11.0 Å². The summed E-state index contributed by atoms with van der Waals surface area (Å²) in [6.07, 6.45) is 0. The molecule has 266 valence electrons. The van der Waals surface area contributed by atoms with Crippen LogP contribution in [-0.4, -0.2) is 19.5 Å². The van der Waals surface area contributed by atoms with Gasteiger partial charge in [0.25, 0.3) is 0 Å². The number of para-hydroxylation sites is 1. The Morgan fingerprint density at radius 3 is 1.84 bits per heavy atom. The van der Waals surface area contributed by atoms with Gasteiger partial charge in [-0.3, -0.25) is 0 Å². The van der Waals surface area contributed by atoms with Gasteiger partial charge in [-0.05, 0) is 47.5 Å². The summed E-state index contributed by atoms with van der Waals surface area (Å²) in [6.45, 7) is 0. The van der Waals surface area contributed by atoms with Crippen molar-refractivity contribution < 1.29 is 4.42 Å². The summed E-state index contributed by atoms with van der Waals surface area (Å²) >= 11 is 1.87. The lowest BCUT2D eigenvalue weighted by atomic mass is 10.0. The zero-order valence-electron chi connectivity index (χ0n) is 30.4. The number of hydrogen-bond donors (Lipinski definition) is 0. The van der Waals surface area contributed by atoms with Crippen molar-refractivity contribution >= 4 is 75.3 Å². The maximum atomic E-state index is 6.69. The van der Waals surface area contributed by atoms with Crippen LogP contribution in [0.1, 0.15) is 0 Å². The lowest BCUT2D eigenvalue weighted by molar-refractivity contribution is 0.668. The zero-order chi connectivity index (χ0) is 37.5. The Balaban J connectivity index is 1.03. The topological polar surface area (TPSA) is 56.7 Å². The summed E-state index contributed by atoms with van der Waals surface area (Å²) in [6, 6.07) is 63.6. The van der Waals surface area contributed by atoms with Crippen molar-refractivity contribution in [3.63, 3.8) is 0 Å². The predicted molar refractivity (Wildman–Crippen MR) is 236 cm³/mol. The summed E-state index contributed by atoms with van der Waals surface area (Å²) in [5.74, 6) is 1.83. The number of furan rings is 1. The van der Waals surface area contributed by atoms with Gasteiger partial charge in [0.15, 0.2) is 17.5 Å². The molecule has 0 N–H and O–H groups in total. The molecule has 12 aromatic rings. The maximum Gasteiger partial charge on any atom is 0.164 e. The van der Waals surface area contributed by atoms with E-state index in [2.05, 4.69) is 138 Å². The van der Waals surface area contributed by atoms with Gasteiger partial charge in [0, 0.05) is 70.2 Å². The van der Waals surface area contributed by atoms with E-state index in [0.717, 1.165) is 55.4 Å². The molecule has 0 aliphatic heterocycles. The average Bonchev–Trinajstić information content (AvgIpc) is 3.96. The molecule has 5 nitrogen and oxygen atoms in total. The lowest BCUT2D eigenvalue weighted by Crippen LogP contribution is -2.00. The fraction of sp³-hybridized carbons (Fsp3) is 0. The molecule has 0 unspecified atom stereocenters. The molecule has 12 rings (SSSR count). The minimum Gasteiger partial charge on any atom is -0.456 e. The molecule has 8 aromatic carbocycles. The fourth-order valence-corrected chi connectivity index (χ4v) is 9.70. The summed E-state index contributed by atoms with van der Waals surface area (Å²) < 4.78 is 11.7.